The molecule has 0 aromatic carbocycles. The quantitative estimate of drug-likeness (QED) is 0.592. The predicted octanol–water partition coefficient (Wildman–Crippen LogP) is 2.98. The van der Waals surface area contributed by atoms with Crippen LogP contribution in [0.2, 0.25) is 0 Å². The van der Waals surface area contributed by atoms with E-state index in [2.05, 4.69) is 29.5 Å². The van der Waals surface area contributed by atoms with E-state index in [1.165, 1.54) is 12.1 Å². The largest absolute Gasteiger partial charge is 0.370 e. The highest BCUT2D eigenvalue weighted by Crippen LogP contribution is 2.24. The maximum absolute atomic E-state index is 10.9. The standard InChI is InChI=1S/C12H20N4O2S/c1-5-13-10-6-9(16(17)18)7-11(15-10)14-8-12(2,3)19-4/h6-7H,5,8H2,1-4H3,(H2,13,14,15). The van der Waals surface area contributed by atoms with E-state index in [4.69, 9.17) is 0 Å². The van der Waals surface area contributed by atoms with Crippen LogP contribution in [0.4, 0.5) is 17.3 Å². The van der Waals surface area contributed by atoms with E-state index in [-0.39, 0.29) is 10.4 Å². The summed E-state index contributed by atoms with van der Waals surface area (Å²) in [4.78, 5) is 14.8. The summed E-state index contributed by atoms with van der Waals surface area (Å²) >= 11 is 1.73. The zero-order valence-electron chi connectivity index (χ0n) is 11.7. The van der Waals surface area contributed by atoms with Gasteiger partial charge < -0.3 is 10.6 Å². The monoisotopic (exact) mass is 284 g/mol. The van der Waals surface area contributed by atoms with Gasteiger partial charge in [-0.3, -0.25) is 10.1 Å². The molecule has 0 bridgehead atoms. The lowest BCUT2D eigenvalue weighted by molar-refractivity contribution is -0.384. The van der Waals surface area contributed by atoms with Gasteiger partial charge in [0.1, 0.15) is 11.6 Å². The van der Waals surface area contributed by atoms with Gasteiger partial charge in [-0.2, -0.15) is 11.8 Å². The number of aromatic nitrogens is 1. The van der Waals surface area contributed by atoms with Gasteiger partial charge in [-0.1, -0.05) is 0 Å². The first-order chi connectivity index (χ1) is 8.88. The highest BCUT2D eigenvalue weighted by molar-refractivity contribution is 7.99. The first-order valence-corrected chi connectivity index (χ1v) is 7.30. The SMILES string of the molecule is CCNc1cc([N+](=O)[O-])cc(NCC(C)(C)SC)n1. The molecule has 2 N–H and O–H groups in total. The normalized spacial score (nSPS) is 11.2. The lowest BCUT2D eigenvalue weighted by Gasteiger charge is -2.22. The molecule has 1 heterocycles. The molecule has 1 aromatic rings. The van der Waals surface area contributed by atoms with Crippen molar-refractivity contribution >= 4 is 29.1 Å². The molecule has 0 aliphatic rings. The Balaban J connectivity index is 2.90. The summed E-state index contributed by atoms with van der Waals surface area (Å²) in [6.45, 7) is 7.49. The van der Waals surface area contributed by atoms with Crippen molar-refractivity contribution in [3.63, 3.8) is 0 Å². The smallest absolute Gasteiger partial charge is 0.276 e. The van der Waals surface area contributed by atoms with Gasteiger partial charge in [-0.05, 0) is 27.0 Å². The van der Waals surface area contributed by atoms with Crippen LogP contribution >= 0.6 is 11.8 Å². The van der Waals surface area contributed by atoms with Gasteiger partial charge in [0.05, 0.1) is 17.1 Å². The van der Waals surface area contributed by atoms with Crippen molar-refractivity contribution in [1.82, 2.24) is 4.98 Å². The van der Waals surface area contributed by atoms with Crippen molar-refractivity contribution in [1.29, 1.82) is 0 Å². The van der Waals surface area contributed by atoms with E-state index in [1.54, 1.807) is 11.8 Å². The summed E-state index contributed by atoms with van der Waals surface area (Å²) in [5, 5.41) is 17.0. The molecule has 0 atom stereocenters. The summed E-state index contributed by atoms with van der Waals surface area (Å²) in [6.07, 6.45) is 2.03. The molecule has 7 heteroatoms. The van der Waals surface area contributed by atoms with Crippen LogP contribution in [0.15, 0.2) is 12.1 Å². The summed E-state index contributed by atoms with van der Waals surface area (Å²) < 4.78 is 0.0463. The number of rotatable bonds is 7. The second-order valence-electron chi connectivity index (χ2n) is 4.70. The van der Waals surface area contributed by atoms with Crippen LogP contribution in [0.25, 0.3) is 0 Å². The molecular formula is C12H20N4O2S. The number of pyridine rings is 1. The third-order valence-corrected chi connectivity index (χ3v) is 3.88. The topological polar surface area (TPSA) is 80.1 Å². The van der Waals surface area contributed by atoms with Crippen molar-refractivity contribution in [2.75, 3.05) is 30.0 Å². The fourth-order valence-electron chi connectivity index (χ4n) is 1.36. The van der Waals surface area contributed by atoms with E-state index in [1.807, 2.05) is 13.2 Å². The molecule has 19 heavy (non-hydrogen) atoms. The Kier molecular flexibility index (Phi) is 5.41. The molecular weight excluding hydrogens is 264 g/mol. The van der Waals surface area contributed by atoms with Crippen LogP contribution in [0.3, 0.4) is 0 Å². The number of nitro groups is 1. The van der Waals surface area contributed by atoms with Crippen molar-refractivity contribution in [2.24, 2.45) is 0 Å². The maximum atomic E-state index is 10.9. The van der Waals surface area contributed by atoms with E-state index >= 15 is 0 Å². The minimum atomic E-state index is -0.409. The minimum absolute atomic E-state index is 0.0374. The number of nitrogens with zero attached hydrogens (tertiary/aromatic N) is 2. The molecule has 1 aromatic heterocycles. The van der Waals surface area contributed by atoms with Gasteiger partial charge in [-0.15, -0.1) is 0 Å². The first kappa shape index (κ1) is 15.6. The molecule has 0 saturated heterocycles. The molecule has 0 saturated carbocycles. The van der Waals surface area contributed by atoms with Gasteiger partial charge in [0.2, 0.25) is 0 Å². The van der Waals surface area contributed by atoms with Crippen LogP contribution in [0.5, 0.6) is 0 Å². The Hall–Kier alpha value is -1.50. The fourth-order valence-corrected chi connectivity index (χ4v) is 1.58. The molecule has 1 rings (SSSR count). The van der Waals surface area contributed by atoms with Crippen LogP contribution in [0.1, 0.15) is 20.8 Å². The van der Waals surface area contributed by atoms with Crippen LogP contribution in [-0.4, -0.2) is 34.0 Å². The lowest BCUT2D eigenvalue weighted by atomic mass is 10.2. The van der Waals surface area contributed by atoms with Crippen LogP contribution in [0, 0.1) is 10.1 Å². The Labute approximate surface area is 117 Å². The molecule has 106 valence electrons. The minimum Gasteiger partial charge on any atom is -0.370 e. The maximum Gasteiger partial charge on any atom is 0.276 e. The highest BCUT2D eigenvalue weighted by Gasteiger charge is 2.17. The average Bonchev–Trinajstić information content (AvgIpc) is 2.37. The average molecular weight is 284 g/mol. The molecule has 0 aliphatic heterocycles. The fraction of sp³-hybridized carbons (Fsp3) is 0.583. The van der Waals surface area contributed by atoms with E-state index in [9.17, 15) is 10.1 Å². The molecule has 0 aliphatic carbocycles. The van der Waals surface area contributed by atoms with Gasteiger partial charge in [0.15, 0.2) is 0 Å². The number of thioether (sulfide) groups is 1. The molecule has 0 spiro atoms. The van der Waals surface area contributed by atoms with E-state index in [0.29, 0.717) is 24.7 Å². The lowest BCUT2D eigenvalue weighted by Crippen LogP contribution is -2.26. The Morgan fingerprint density at radius 1 is 1.37 bits per heavy atom. The van der Waals surface area contributed by atoms with Crippen LogP contribution < -0.4 is 10.6 Å². The van der Waals surface area contributed by atoms with Gasteiger partial charge in [0, 0.05) is 17.8 Å². The third kappa shape index (κ3) is 4.94. The molecule has 0 amide bonds. The number of nitrogens with one attached hydrogen (secondary N) is 2. The van der Waals surface area contributed by atoms with E-state index < -0.39 is 4.92 Å². The zero-order chi connectivity index (χ0) is 14.5. The van der Waals surface area contributed by atoms with Crippen LogP contribution in [-0.2, 0) is 0 Å². The summed E-state index contributed by atoms with van der Waals surface area (Å²) in [5.41, 5.74) is 0.0374. The van der Waals surface area contributed by atoms with Gasteiger partial charge >= 0.3 is 0 Å². The summed E-state index contributed by atoms with van der Waals surface area (Å²) in [6, 6.07) is 2.89. The predicted molar refractivity (Wildman–Crippen MR) is 81.1 cm³/mol. The Morgan fingerprint density at radius 3 is 2.42 bits per heavy atom. The van der Waals surface area contributed by atoms with Gasteiger partial charge in [-0.25, -0.2) is 4.98 Å². The second-order valence-corrected chi connectivity index (χ2v) is 6.21. The molecule has 0 radical (unpaired) electrons. The van der Waals surface area contributed by atoms with Crippen molar-refractivity contribution in [3.8, 4) is 0 Å². The molecule has 0 fully saturated rings. The van der Waals surface area contributed by atoms with E-state index in [0.717, 1.165) is 0 Å². The third-order valence-electron chi connectivity index (χ3n) is 2.63. The summed E-state index contributed by atoms with van der Waals surface area (Å²) in [5.74, 6) is 1.04. The Bertz CT molecular complexity index is 451. The van der Waals surface area contributed by atoms with Crippen molar-refractivity contribution < 1.29 is 4.92 Å². The number of hydrogen-bond donors (Lipinski definition) is 2. The zero-order valence-corrected chi connectivity index (χ0v) is 12.5. The van der Waals surface area contributed by atoms with Gasteiger partial charge in [0.25, 0.3) is 5.69 Å². The number of anilines is 2. The second kappa shape index (κ2) is 6.60. The molecule has 6 nitrogen and oxygen atoms in total. The number of hydrogen-bond acceptors (Lipinski definition) is 6. The first-order valence-electron chi connectivity index (χ1n) is 6.07. The van der Waals surface area contributed by atoms with Crippen molar-refractivity contribution in [3.05, 3.63) is 22.2 Å². The molecule has 0 unspecified atom stereocenters. The highest BCUT2D eigenvalue weighted by atomic mass is 32.2. The summed E-state index contributed by atoms with van der Waals surface area (Å²) in [7, 11) is 0. The Morgan fingerprint density at radius 2 is 1.95 bits per heavy atom. The van der Waals surface area contributed by atoms with Crippen molar-refractivity contribution in [2.45, 2.75) is 25.5 Å².